The van der Waals surface area contributed by atoms with E-state index in [0.717, 1.165) is 0 Å². The lowest BCUT2D eigenvalue weighted by molar-refractivity contribution is 0.654. The van der Waals surface area contributed by atoms with E-state index < -0.39 is 0 Å². The Morgan fingerprint density at radius 3 is 2.25 bits per heavy atom. The highest BCUT2D eigenvalue weighted by atomic mass is 14.9. The van der Waals surface area contributed by atoms with Crippen LogP contribution in [0.15, 0.2) is 66.7 Å². The Labute approximate surface area is 120 Å². The summed E-state index contributed by atoms with van der Waals surface area (Å²) in [5, 5.41) is 5.94. The summed E-state index contributed by atoms with van der Waals surface area (Å²) in [5.74, 6) is 0. The van der Waals surface area contributed by atoms with Crippen molar-refractivity contribution in [3.05, 3.63) is 72.3 Å². The van der Waals surface area contributed by atoms with Crippen molar-refractivity contribution in [2.45, 2.75) is 13.0 Å². The van der Waals surface area contributed by atoms with Gasteiger partial charge < -0.3 is 5.32 Å². The third-order valence-corrected chi connectivity index (χ3v) is 3.94. The summed E-state index contributed by atoms with van der Waals surface area (Å²) in [5.41, 5.74) is 3.96. The van der Waals surface area contributed by atoms with Gasteiger partial charge in [-0.2, -0.15) is 0 Å². The van der Waals surface area contributed by atoms with Crippen LogP contribution in [0.5, 0.6) is 0 Å². The summed E-state index contributed by atoms with van der Waals surface area (Å²) in [6, 6.07) is 24.1. The second kappa shape index (κ2) is 5.48. The van der Waals surface area contributed by atoms with Gasteiger partial charge in [0.15, 0.2) is 0 Å². The maximum Gasteiger partial charge on any atom is 0.0295 e. The number of hydrogen-bond donors (Lipinski definition) is 1. The van der Waals surface area contributed by atoms with Crippen molar-refractivity contribution in [3.8, 4) is 11.1 Å². The topological polar surface area (TPSA) is 12.0 Å². The molecule has 1 nitrogen and oxygen atoms in total. The molecule has 0 heterocycles. The minimum Gasteiger partial charge on any atom is -0.313 e. The lowest BCUT2D eigenvalue weighted by Gasteiger charge is -2.17. The van der Waals surface area contributed by atoms with Gasteiger partial charge in [-0.3, -0.25) is 0 Å². The van der Waals surface area contributed by atoms with Gasteiger partial charge in [-0.05, 0) is 41.4 Å². The van der Waals surface area contributed by atoms with Crippen molar-refractivity contribution in [1.82, 2.24) is 5.32 Å². The summed E-state index contributed by atoms with van der Waals surface area (Å²) in [6.07, 6.45) is 0. The standard InChI is InChI=1S/C19H19N/c1-14(20-2)16-10-5-6-12-18(16)19-13-7-9-15-8-3-4-11-17(15)19/h3-14,20H,1-2H3. The molecule has 0 amide bonds. The van der Waals surface area contributed by atoms with Crippen LogP contribution in [0.3, 0.4) is 0 Å². The van der Waals surface area contributed by atoms with Crippen LogP contribution < -0.4 is 5.32 Å². The summed E-state index contributed by atoms with van der Waals surface area (Å²) < 4.78 is 0. The van der Waals surface area contributed by atoms with Gasteiger partial charge in [0.05, 0.1) is 0 Å². The van der Waals surface area contributed by atoms with Crippen molar-refractivity contribution in [1.29, 1.82) is 0 Å². The van der Waals surface area contributed by atoms with Crippen LogP contribution in [0.2, 0.25) is 0 Å². The zero-order chi connectivity index (χ0) is 13.9. The Morgan fingerprint density at radius 2 is 1.40 bits per heavy atom. The first kappa shape index (κ1) is 12.9. The molecular formula is C19H19N. The molecule has 1 unspecified atom stereocenters. The number of fused-ring (bicyclic) bond motifs is 1. The molecule has 3 aromatic rings. The minimum atomic E-state index is 0.338. The van der Waals surface area contributed by atoms with Crippen LogP contribution in [0, 0.1) is 0 Å². The van der Waals surface area contributed by atoms with Crippen LogP contribution in [-0.4, -0.2) is 7.05 Å². The van der Waals surface area contributed by atoms with E-state index in [1.807, 2.05) is 7.05 Å². The molecular weight excluding hydrogens is 242 g/mol. The van der Waals surface area contributed by atoms with Crippen molar-refractivity contribution < 1.29 is 0 Å². The van der Waals surface area contributed by atoms with Gasteiger partial charge >= 0.3 is 0 Å². The van der Waals surface area contributed by atoms with E-state index in [0.29, 0.717) is 6.04 Å². The third-order valence-electron chi connectivity index (χ3n) is 3.94. The molecule has 0 aliphatic rings. The van der Waals surface area contributed by atoms with E-state index in [4.69, 9.17) is 0 Å². The van der Waals surface area contributed by atoms with Crippen molar-refractivity contribution in [3.63, 3.8) is 0 Å². The number of nitrogens with one attached hydrogen (secondary N) is 1. The van der Waals surface area contributed by atoms with Gasteiger partial charge in [0.25, 0.3) is 0 Å². The monoisotopic (exact) mass is 261 g/mol. The quantitative estimate of drug-likeness (QED) is 0.715. The van der Waals surface area contributed by atoms with Gasteiger partial charge in [-0.1, -0.05) is 66.7 Å². The molecule has 100 valence electrons. The van der Waals surface area contributed by atoms with E-state index in [1.54, 1.807) is 0 Å². The Hall–Kier alpha value is -2.12. The maximum absolute atomic E-state index is 3.34. The molecule has 1 N–H and O–H groups in total. The number of hydrogen-bond acceptors (Lipinski definition) is 1. The summed E-state index contributed by atoms with van der Waals surface area (Å²) in [4.78, 5) is 0. The highest BCUT2D eigenvalue weighted by Gasteiger charge is 2.11. The zero-order valence-electron chi connectivity index (χ0n) is 11.9. The minimum absolute atomic E-state index is 0.338. The SMILES string of the molecule is CNC(C)c1ccccc1-c1cccc2ccccc12. The molecule has 0 bridgehead atoms. The van der Waals surface area contributed by atoms with Crippen molar-refractivity contribution >= 4 is 10.8 Å². The van der Waals surface area contributed by atoms with E-state index in [9.17, 15) is 0 Å². The van der Waals surface area contributed by atoms with Gasteiger partial charge in [-0.25, -0.2) is 0 Å². The van der Waals surface area contributed by atoms with E-state index in [2.05, 4.69) is 79.0 Å². The summed E-state index contributed by atoms with van der Waals surface area (Å²) in [7, 11) is 2.00. The predicted octanol–water partition coefficient (Wildman–Crippen LogP) is 4.79. The Bertz CT molecular complexity index is 725. The highest BCUT2D eigenvalue weighted by molar-refractivity contribution is 5.97. The van der Waals surface area contributed by atoms with Gasteiger partial charge in [0.1, 0.15) is 0 Å². The fourth-order valence-electron chi connectivity index (χ4n) is 2.74. The second-order valence-corrected chi connectivity index (χ2v) is 5.12. The Morgan fingerprint density at radius 1 is 0.750 bits per heavy atom. The van der Waals surface area contributed by atoms with Crippen LogP contribution in [0.25, 0.3) is 21.9 Å². The average molecular weight is 261 g/mol. The first-order valence-electron chi connectivity index (χ1n) is 7.05. The molecule has 0 saturated carbocycles. The molecule has 0 fully saturated rings. The first-order valence-corrected chi connectivity index (χ1v) is 7.05. The lowest BCUT2D eigenvalue weighted by atomic mass is 9.92. The molecule has 3 rings (SSSR count). The number of benzene rings is 3. The molecule has 20 heavy (non-hydrogen) atoms. The molecule has 3 aromatic carbocycles. The summed E-state index contributed by atoms with van der Waals surface area (Å²) >= 11 is 0. The summed E-state index contributed by atoms with van der Waals surface area (Å²) in [6.45, 7) is 2.20. The Kier molecular flexibility index (Phi) is 3.53. The van der Waals surface area contributed by atoms with Crippen LogP contribution in [0.1, 0.15) is 18.5 Å². The van der Waals surface area contributed by atoms with Crippen LogP contribution in [-0.2, 0) is 0 Å². The highest BCUT2D eigenvalue weighted by Crippen LogP contribution is 2.33. The van der Waals surface area contributed by atoms with Crippen LogP contribution >= 0.6 is 0 Å². The molecule has 0 aliphatic carbocycles. The van der Waals surface area contributed by atoms with Gasteiger partial charge in [-0.15, -0.1) is 0 Å². The average Bonchev–Trinajstić information content (AvgIpc) is 2.53. The smallest absolute Gasteiger partial charge is 0.0295 e. The van der Waals surface area contributed by atoms with Crippen molar-refractivity contribution in [2.24, 2.45) is 0 Å². The molecule has 0 radical (unpaired) electrons. The van der Waals surface area contributed by atoms with E-state index >= 15 is 0 Å². The lowest BCUT2D eigenvalue weighted by Crippen LogP contribution is -2.13. The molecule has 1 heteroatoms. The largest absolute Gasteiger partial charge is 0.313 e. The molecule has 0 spiro atoms. The molecule has 0 aliphatic heterocycles. The third kappa shape index (κ3) is 2.21. The Balaban J connectivity index is 2.26. The normalized spacial score (nSPS) is 12.5. The molecule has 0 aromatic heterocycles. The fraction of sp³-hybridized carbons (Fsp3) is 0.158. The number of rotatable bonds is 3. The predicted molar refractivity (Wildman–Crippen MR) is 86.9 cm³/mol. The fourth-order valence-corrected chi connectivity index (χ4v) is 2.74. The van der Waals surface area contributed by atoms with E-state index in [-0.39, 0.29) is 0 Å². The van der Waals surface area contributed by atoms with Crippen molar-refractivity contribution in [2.75, 3.05) is 7.05 Å². The first-order chi connectivity index (χ1) is 9.81. The molecule has 0 saturated heterocycles. The van der Waals surface area contributed by atoms with Gasteiger partial charge in [0.2, 0.25) is 0 Å². The maximum atomic E-state index is 3.34. The molecule has 1 atom stereocenters. The zero-order valence-corrected chi connectivity index (χ0v) is 11.9. The van der Waals surface area contributed by atoms with Gasteiger partial charge in [0, 0.05) is 6.04 Å². The van der Waals surface area contributed by atoms with E-state index in [1.165, 1.54) is 27.5 Å². The second-order valence-electron chi connectivity index (χ2n) is 5.12. The van der Waals surface area contributed by atoms with Crippen LogP contribution in [0.4, 0.5) is 0 Å².